The maximum atomic E-state index is 12.5. The standard InChI is InChI=1S/C22H31NO4/c1-12-8-14-15-5-7-22(27,18(26)11-23)21(15,3)10-17(25)19(14)20(2)6-4-13(24)9-16(12)20/h4,6,9,12,14-15,17,19,25,27H,5,7-8,10-11,23H2,1-3H3/t12-,14-,15-,17-,19+,20-,21-,22-/m0/s1. The lowest BCUT2D eigenvalue weighted by molar-refractivity contribution is -0.177. The molecule has 27 heavy (non-hydrogen) atoms. The number of carbonyl (C=O) groups excluding carboxylic acids is 2. The number of nitrogens with two attached hydrogens (primary N) is 1. The van der Waals surface area contributed by atoms with E-state index in [1.165, 1.54) is 0 Å². The topological polar surface area (TPSA) is 101 Å². The molecule has 148 valence electrons. The van der Waals surface area contributed by atoms with Crippen molar-refractivity contribution in [2.75, 3.05) is 6.54 Å². The monoisotopic (exact) mass is 373 g/mol. The molecule has 0 aromatic rings. The number of carbonyl (C=O) groups is 2. The van der Waals surface area contributed by atoms with Crippen LogP contribution in [0.5, 0.6) is 0 Å². The lowest BCUT2D eigenvalue weighted by atomic mass is 9.45. The van der Waals surface area contributed by atoms with Gasteiger partial charge in [0.25, 0.3) is 0 Å². The molecule has 4 rings (SSSR count). The second-order valence-corrected chi connectivity index (χ2v) is 9.77. The summed E-state index contributed by atoms with van der Waals surface area (Å²) in [7, 11) is 0. The average molecular weight is 373 g/mol. The van der Waals surface area contributed by atoms with E-state index in [-0.39, 0.29) is 47.2 Å². The minimum Gasteiger partial charge on any atom is -0.393 e. The molecular formula is C22H31NO4. The number of ketones is 2. The van der Waals surface area contributed by atoms with Gasteiger partial charge < -0.3 is 15.9 Å². The maximum absolute atomic E-state index is 12.5. The fourth-order valence-electron chi connectivity index (χ4n) is 7.38. The third kappa shape index (κ3) is 2.28. The minimum absolute atomic E-state index is 0.00213. The number of aliphatic hydroxyl groups is 2. The fraction of sp³-hybridized carbons (Fsp3) is 0.727. The van der Waals surface area contributed by atoms with Gasteiger partial charge in [-0.05, 0) is 55.6 Å². The Morgan fingerprint density at radius 1 is 1.37 bits per heavy atom. The molecule has 3 saturated carbocycles. The molecule has 0 aromatic carbocycles. The number of aliphatic hydroxyl groups excluding tert-OH is 1. The van der Waals surface area contributed by atoms with Gasteiger partial charge in [0, 0.05) is 16.7 Å². The lowest BCUT2D eigenvalue weighted by Crippen LogP contribution is -2.62. The van der Waals surface area contributed by atoms with E-state index in [0.717, 1.165) is 18.4 Å². The van der Waals surface area contributed by atoms with Gasteiger partial charge in [0.05, 0.1) is 12.6 Å². The van der Waals surface area contributed by atoms with E-state index < -0.39 is 17.1 Å². The summed E-state index contributed by atoms with van der Waals surface area (Å²) in [6, 6.07) is 0. The summed E-state index contributed by atoms with van der Waals surface area (Å²) in [5, 5.41) is 22.6. The van der Waals surface area contributed by atoms with Gasteiger partial charge >= 0.3 is 0 Å². The molecule has 0 spiro atoms. The first-order valence-corrected chi connectivity index (χ1v) is 10.2. The third-order valence-electron chi connectivity index (χ3n) is 8.62. The molecule has 4 aliphatic carbocycles. The molecule has 5 nitrogen and oxygen atoms in total. The summed E-state index contributed by atoms with van der Waals surface area (Å²) in [5.41, 5.74) is 4.27. The Labute approximate surface area is 160 Å². The van der Waals surface area contributed by atoms with Gasteiger partial charge in [-0.3, -0.25) is 9.59 Å². The molecule has 8 atom stereocenters. The van der Waals surface area contributed by atoms with Crippen molar-refractivity contribution in [3.05, 3.63) is 23.8 Å². The lowest BCUT2D eigenvalue weighted by Gasteiger charge is -2.60. The molecule has 0 aromatic heterocycles. The Bertz CT molecular complexity index is 757. The largest absolute Gasteiger partial charge is 0.393 e. The normalized spacial score (nSPS) is 51.3. The Hall–Kier alpha value is -1.30. The number of hydrogen-bond acceptors (Lipinski definition) is 5. The number of allylic oxidation sites excluding steroid dienone is 4. The highest BCUT2D eigenvalue weighted by Crippen LogP contribution is 2.67. The summed E-state index contributed by atoms with van der Waals surface area (Å²) in [6.45, 7) is 6.08. The molecule has 3 fully saturated rings. The molecule has 4 aliphatic rings. The van der Waals surface area contributed by atoms with Crippen LogP contribution in [-0.2, 0) is 9.59 Å². The molecule has 4 N–H and O–H groups in total. The zero-order chi connectivity index (χ0) is 19.8. The molecule has 0 radical (unpaired) electrons. The fourth-order valence-corrected chi connectivity index (χ4v) is 7.38. The Balaban J connectivity index is 1.78. The van der Waals surface area contributed by atoms with Crippen LogP contribution in [0.3, 0.4) is 0 Å². The number of hydrogen-bond donors (Lipinski definition) is 3. The van der Waals surface area contributed by atoms with E-state index in [2.05, 4.69) is 13.8 Å². The molecule has 0 unspecified atom stereocenters. The van der Waals surface area contributed by atoms with Crippen LogP contribution in [0.2, 0.25) is 0 Å². The van der Waals surface area contributed by atoms with Gasteiger partial charge in [-0.15, -0.1) is 0 Å². The second-order valence-electron chi connectivity index (χ2n) is 9.77. The van der Waals surface area contributed by atoms with Gasteiger partial charge in [0.2, 0.25) is 0 Å². The molecule has 0 aliphatic heterocycles. The van der Waals surface area contributed by atoms with Crippen LogP contribution >= 0.6 is 0 Å². The van der Waals surface area contributed by atoms with Crippen LogP contribution in [0, 0.1) is 34.5 Å². The summed E-state index contributed by atoms with van der Waals surface area (Å²) in [5.74, 6) is 0.312. The molecular weight excluding hydrogens is 342 g/mol. The highest BCUT2D eigenvalue weighted by atomic mass is 16.3. The van der Waals surface area contributed by atoms with E-state index in [9.17, 15) is 19.8 Å². The Morgan fingerprint density at radius 2 is 2.07 bits per heavy atom. The van der Waals surface area contributed by atoms with Gasteiger partial charge in [-0.25, -0.2) is 0 Å². The van der Waals surface area contributed by atoms with Crippen LogP contribution in [0.4, 0.5) is 0 Å². The van der Waals surface area contributed by atoms with Gasteiger partial charge in [0.1, 0.15) is 5.60 Å². The van der Waals surface area contributed by atoms with E-state index in [4.69, 9.17) is 5.73 Å². The first-order chi connectivity index (χ1) is 12.6. The van der Waals surface area contributed by atoms with Crippen LogP contribution in [0.1, 0.15) is 46.5 Å². The average Bonchev–Trinajstić information content (AvgIpc) is 2.87. The van der Waals surface area contributed by atoms with Crippen molar-refractivity contribution in [2.45, 2.75) is 58.2 Å². The molecule has 0 bridgehead atoms. The van der Waals surface area contributed by atoms with Crippen molar-refractivity contribution >= 4 is 11.6 Å². The predicted molar refractivity (Wildman–Crippen MR) is 102 cm³/mol. The maximum Gasteiger partial charge on any atom is 0.178 e. The molecule has 0 heterocycles. The van der Waals surface area contributed by atoms with Crippen LogP contribution in [-0.4, -0.2) is 40.0 Å². The van der Waals surface area contributed by atoms with E-state index in [1.807, 2.05) is 13.0 Å². The SMILES string of the molecule is C[C@H]1C[C@@H]2[C@H]([C@@H](O)C[C@@]3(C)[C@H]2CC[C@]3(O)C(=O)CN)[C@@]2(C)C=CC(=O)C=C12. The minimum atomic E-state index is -1.45. The van der Waals surface area contributed by atoms with Crippen molar-refractivity contribution in [1.82, 2.24) is 0 Å². The van der Waals surface area contributed by atoms with Crippen molar-refractivity contribution in [1.29, 1.82) is 0 Å². The third-order valence-corrected chi connectivity index (χ3v) is 8.62. The summed E-state index contributed by atoms with van der Waals surface area (Å²) in [6.07, 6.45) is 7.18. The van der Waals surface area contributed by atoms with Gasteiger partial charge in [-0.2, -0.15) is 0 Å². The van der Waals surface area contributed by atoms with Crippen LogP contribution < -0.4 is 5.73 Å². The zero-order valence-corrected chi connectivity index (χ0v) is 16.4. The van der Waals surface area contributed by atoms with Crippen LogP contribution in [0.15, 0.2) is 23.8 Å². The highest BCUT2D eigenvalue weighted by Gasteiger charge is 2.68. The zero-order valence-electron chi connectivity index (χ0n) is 16.4. The quantitative estimate of drug-likeness (QED) is 0.685. The van der Waals surface area contributed by atoms with Crippen LogP contribution in [0.25, 0.3) is 0 Å². The van der Waals surface area contributed by atoms with Crippen molar-refractivity contribution in [2.24, 2.45) is 40.2 Å². The van der Waals surface area contributed by atoms with Crippen molar-refractivity contribution in [3.8, 4) is 0 Å². The smallest absolute Gasteiger partial charge is 0.178 e. The number of Topliss-reactive ketones (excluding diaryl/α,β-unsaturated/α-hetero) is 1. The number of fused-ring (bicyclic) bond motifs is 5. The van der Waals surface area contributed by atoms with Crippen molar-refractivity contribution < 1.29 is 19.8 Å². The Kier molecular flexibility index (Phi) is 4.12. The van der Waals surface area contributed by atoms with E-state index in [1.54, 1.807) is 12.2 Å². The van der Waals surface area contributed by atoms with Gasteiger partial charge in [0.15, 0.2) is 11.6 Å². The first-order valence-electron chi connectivity index (χ1n) is 10.2. The molecule has 5 heteroatoms. The molecule has 0 saturated heterocycles. The van der Waals surface area contributed by atoms with E-state index >= 15 is 0 Å². The highest BCUT2D eigenvalue weighted by molar-refractivity contribution is 6.01. The second kappa shape index (κ2) is 5.85. The van der Waals surface area contributed by atoms with Crippen molar-refractivity contribution in [3.63, 3.8) is 0 Å². The summed E-state index contributed by atoms with van der Waals surface area (Å²) < 4.78 is 0. The number of rotatable bonds is 2. The summed E-state index contributed by atoms with van der Waals surface area (Å²) in [4.78, 5) is 24.5. The Morgan fingerprint density at radius 3 is 2.74 bits per heavy atom. The first kappa shape index (κ1) is 19.0. The summed E-state index contributed by atoms with van der Waals surface area (Å²) >= 11 is 0. The van der Waals surface area contributed by atoms with Gasteiger partial charge in [-0.1, -0.05) is 32.4 Å². The predicted octanol–water partition coefficient (Wildman–Crippen LogP) is 1.77. The van der Waals surface area contributed by atoms with E-state index in [0.29, 0.717) is 12.8 Å². The molecule has 0 amide bonds.